The van der Waals surface area contributed by atoms with Crippen molar-refractivity contribution in [3.8, 4) is 0 Å². The zero-order valence-electron chi connectivity index (χ0n) is 13.8. The molecule has 2 aromatic heterocycles. The molecule has 0 saturated heterocycles. The molecule has 1 aliphatic rings. The summed E-state index contributed by atoms with van der Waals surface area (Å²) in [6.07, 6.45) is 4.08. The van der Waals surface area contributed by atoms with Crippen LogP contribution < -0.4 is 10.9 Å². The van der Waals surface area contributed by atoms with E-state index >= 15 is 0 Å². The van der Waals surface area contributed by atoms with Gasteiger partial charge in [0.1, 0.15) is 10.6 Å². The van der Waals surface area contributed by atoms with Gasteiger partial charge in [0.25, 0.3) is 11.5 Å². The second-order valence-electron chi connectivity index (χ2n) is 5.79. The van der Waals surface area contributed by atoms with Crippen LogP contribution in [0.2, 0.25) is 0 Å². The Bertz CT molecular complexity index is 813. The van der Waals surface area contributed by atoms with Crippen molar-refractivity contribution in [1.82, 2.24) is 20.1 Å². The third kappa shape index (κ3) is 3.70. The van der Waals surface area contributed by atoms with Gasteiger partial charge in [0.15, 0.2) is 4.34 Å². The number of hydrogen-bond acceptors (Lipinski definition) is 6. The first-order valence-electron chi connectivity index (χ1n) is 7.99. The molecule has 2 aromatic rings. The molecule has 0 fully saturated rings. The minimum atomic E-state index is -0.294. The van der Waals surface area contributed by atoms with Gasteiger partial charge in [-0.15, -0.1) is 10.2 Å². The first-order chi connectivity index (χ1) is 11.6. The van der Waals surface area contributed by atoms with E-state index in [9.17, 15) is 9.59 Å². The summed E-state index contributed by atoms with van der Waals surface area (Å²) in [6, 6.07) is 1.79. The highest BCUT2D eigenvalue weighted by Gasteiger charge is 2.19. The normalized spacial score (nSPS) is 13.6. The van der Waals surface area contributed by atoms with Crippen molar-refractivity contribution in [2.45, 2.75) is 36.9 Å². The van der Waals surface area contributed by atoms with Crippen LogP contribution in [0.4, 0.5) is 0 Å². The predicted octanol–water partition coefficient (Wildman–Crippen LogP) is 1.95. The van der Waals surface area contributed by atoms with Gasteiger partial charge < -0.3 is 9.88 Å². The Morgan fingerprint density at radius 3 is 2.92 bits per heavy atom. The third-order valence-corrected chi connectivity index (χ3v) is 6.08. The Morgan fingerprint density at radius 2 is 2.17 bits per heavy atom. The molecule has 1 aliphatic carbocycles. The van der Waals surface area contributed by atoms with E-state index in [-0.39, 0.29) is 17.0 Å². The van der Waals surface area contributed by atoms with Crippen molar-refractivity contribution in [3.05, 3.63) is 38.2 Å². The van der Waals surface area contributed by atoms with Gasteiger partial charge in [0.2, 0.25) is 0 Å². The minimum Gasteiger partial charge on any atom is -0.351 e. The molecule has 8 heteroatoms. The number of carbonyl (C=O) groups excluding carboxylic acids is 1. The molecule has 6 nitrogen and oxygen atoms in total. The van der Waals surface area contributed by atoms with E-state index in [4.69, 9.17) is 0 Å². The zero-order valence-corrected chi connectivity index (χ0v) is 15.4. The molecule has 0 radical (unpaired) electrons. The zero-order chi connectivity index (χ0) is 17.1. The Hall–Kier alpha value is -1.67. The molecule has 0 aromatic carbocycles. The van der Waals surface area contributed by atoms with Crippen LogP contribution in [0, 0.1) is 6.92 Å². The highest BCUT2D eigenvalue weighted by Crippen LogP contribution is 2.21. The lowest BCUT2D eigenvalue weighted by molar-refractivity contribution is 0.0954. The van der Waals surface area contributed by atoms with Crippen LogP contribution in [0.15, 0.2) is 15.2 Å². The third-order valence-electron chi connectivity index (χ3n) is 4.10. The fourth-order valence-corrected chi connectivity index (χ4v) is 4.63. The van der Waals surface area contributed by atoms with Gasteiger partial charge in [0.05, 0.1) is 0 Å². The first-order valence-corrected chi connectivity index (χ1v) is 9.79. The Morgan fingerprint density at radius 1 is 1.38 bits per heavy atom. The summed E-state index contributed by atoms with van der Waals surface area (Å²) in [5.74, 6) is 0.407. The van der Waals surface area contributed by atoms with Crippen molar-refractivity contribution in [2.75, 3.05) is 12.3 Å². The van der Waals surface area contributed by atoms with Crippen LogP contribution in [0.25, 0.3) is 0 Å². The maximum atomic E-state index is 12.4. The molecule has 0 atom stereocenters. The summed E-state index contributed by atoms with van der Waals surface area (Å²) in [5, 5.41) is 11.8. The Kier molecular flexibility index (Phi) is 5.35. The average Bonchev–Trinajstić information content (AvgIpc) is 3.00. The molecular formula is C16H20N4O2S2. The second-order valence-corrected chi connectivity index (χ2v) is 8.32. The van der Waals surface area contributed by atoms with Crippen molar-refractivity contribution in [3.63, 3.8) is 0 Å². The number of aromatic nitrogens is 3. The van der Waals surface area contributed by atoms with Crippen molar-refractivity contribution < 1.29 is 4.79 Å². The summed E-state index contributed by atoms with van der Waals surface area (Å²) in [7, 11) is 1.76. The molecule has 128 valence electrons. The molecule has 0 spiro atoms. The number of pyridine rings is 1. The van der Waals surface area contributed by atoms with Gasteiger partial charge in [-0.05, 0) is 44.2 Å². The van der Waals surface area contributed by atoms with Crippen LogP contribution in [0.5, 0.6) is 0 Å². The quantitative estimate of drug-likeness (QED) is 0.648. The summed E-state index contributed by atoms with van der Waals surface area (Å²) in [4.78, 5) is 24.8. The molecule has 0 aliphatic heterocycles. The molecule has 0 saturated carbocycles. The standard InChI is InChI=1S/C16H20N4O2S2/c1-10-18-19-16(24-10)23-8-7-17-14(21)12-9-11-5-3-4-6-13(11)20(2)15(12)22/h9H,3-8H2,1-2H3,(H,17,21). The van der Waals surface area contributed by atoms with Crippen molar-refractivity contribution >= 4 is 29.0 Å². The maximum Gasteiger partial charge on any atom is 0.263 e. The molecule has 0 bridgehead atoms. The van der Waals surface area contributed by atoms with E-state index in [0.29, 0.717) is 12.3 Å². The molecule has 1 N–H and O–H groups in total. The van der Waals surface area contributed by atoms with Crippen LogP contribution in [0.3, 0.4) is 0 Å². The summed E-state index contributed by atoms with van der Waals surface area (Å²) < 4.78 is 2.54. The molecule has 3 rings (SSSR count). The van der Waals surface area contributed by atoms with Gasteiger partial charge in [0, 0.05) is 25.0 Å². The van der Waals surface area contributed by atoms with Crippen LogP contribution in [0.1, 0.15) is 39.5 Å². The lowest BCUT2D eigenvalue weighted by Crippen LogP contribution is -2.35. The predicted molar refractivity (Wildman–Crippen MR) is 96.0 cm³/mol. The molecular weight excluding hydrogens is 344 g/mol. The molecule has 2 heterocycles. The minimum absolute atomic E-state index is 0.208. The highest BCUT2D eigenvalue weighted by atomic mass is 32.2. The van der Waals surface area contributed by atoms with E-state index in [1.54, 1.807) is 29.4 Å². The van der Waals surface area contributed by atoms with Crippen LogP contribution >= 0.6 is 23.1 Å². The number of fused-ring (bicyclic) bond motifs is 1. The van der Waals surface area contributed by atoms with E-state index < -0.39 is 0 Å². The Labute approximate surface area is 148 Å². The van der Waals surface area contributed by atoms with Gasteiger partial charge in [-0.25, -0.2) is 0 Å². The van der Waals surface area contributed by atoms with Crippen LogP contribution in [-0.2, 0) is 19.9 Å². The number of aryl methyl sites for hydroxylation is 2. The summed E-state index contributed by atoms with van der Waals surface area (Å²) in [6.45, 7) is 2.40. The topological polar surface area (TPSA) is 76.9 Å². The van der Waals surface area contributed by atoms with E-state index in [1.807, 2.05) is 6.92 Å². The molecule has 24 heavy (non-hydrogen) atoms. The first kappa shape index (κ1) is 17.2. The highest BCUT2D eigenvalue weighted by molar-refractivity contribution is 8.01. The van der Waals surface area contributed by atoms with Gasteiger partial charge in [-0.2, -0.15) is 0 Å². The monoisotopic (exact) mass is 364 g/mol. The molecule has 1 amide bonds. The number of amides is 1. The lowest BCUT2D eigenvalue weighted by Gasteiger charge is -2.20. The number of nitrogens with one attached hydrogen (secondary N) is 1. The van der Waals surface area contributed by atoms with Crippen molar-refractivity contribution in [2.24, 2.45) is 7.05 Å². The number of thioether (sulfide) groups is 1. The fraction of sp³-hybridized carbons (Fsp3) is 0.500. The number of nitrogens with zero attached hydrogens (tertiary/aromatic N) is 3. The fourth-order valence-electron chi connectivity index (χ4n) is 2.89. The maximum absolute atomic E-state index is 12.4. The van der Waals surface area contributed by atoms with E-state index in [0.717, 1.165) is 46.3 Å². The largest absolute Gasteiger partial charge is 0.351 e. The van der Waals surface area contributed by atoms with Gasteiger partial charge >= 0.3 is 0 Å². The number of rotatable bonds is 5. The van der Waals surface area contributed by atoms with E-state index in [2.05, 4.69) is 15.5 Å². The summed E-state index contributed by atoms with van der Waals surface area (Å²) in [5.41, 5.74) is 2.24. The number of hydrogen-bond donors (Lipinski definition) is 1. The summed E-state index contributed by atoms with van der Waals surface area (Å²) >= 11 is 3.09. The molecule has 0 unspecified atom stereocenters. The van der Waals surface area contributed by atoms with Crippen molar-refractivity contribution in [1.29, 1.82) is 0 Å². The van der Waals surface area contributed by atoms with Gasteiger partial charge in [-0.1, -0.05) is 23.1 Å². The van der Waals surface area contributed by atoms with Crippen LogP contribution in [-0.4, -0.2) is 33.0 Å². The van der Waals surface area contributed by atoms with Gasteiger partial charge in [-0.3, -0.25) is 9.59 Å². The number of carbonyl (C=O) groups is 1. The lowest BCUT2D eigenvalue weighted by atomic mass is 9.94. The van der Waals surface area contributed by atoms with E-state index in [1.165, 1.54) is 11.3 Å². The smallest absolute Gasteiger partial charge is 0.263 e. The Balaban J connectivity index is 1.62. The second kappa shape index (κ2) is 7.48. The average molecular weight is 364 g/mol. The SMILES string of the molecule is Cc1nnc(SCCNC(=O)c2cc3c(n(C)c2=O)CCCC3)s1.